The molecular weight excluding hydrogens is 523 g/mol. The zero-order valence-corrected chi connectivity index (χ0v) is 22.5. The number of rotatable bonds is 7. The number of benzene rings is 2. The molecule has 1 aliphatic carbocycles. The van der Waals surface area contributed by atoms with Crippen molar-refractivity contribution in [1.82, 2.24) is 14.6 Å². The van der Waals surface area contributed by atoms with Crippen LogP contribution in [0.2, 0.25) is 10.0 Å². The first-order chi connectivity index (χ1) is 18.4. The van der Waals surface area contributed by atoms with E-state index in [1.165, 1.54) is 0 Å². The highest BCUT2D eigenvalue weighted by molar-refractivity contribution is 6.39. The second-order valence-electron chi connectivity index (χ2n) is 10.8. The van der Waals surface area contributed by atoms with E-state index < -0.39 is 5.97 Å². The van der Waals surface area contributed by atoms with Crippen LogP contribution in [-0.2, 0) is 13.5 Å². The molecule has 1 N–H and O–H groups in total. The highest BCUT2D eigenvalue weighted by Gasteiger charge is 2.43. The van der Waals surface area contributed by atoms with E-state index in [1.807, 2.05) is 35.9 Å². The Labute approximate surface area is 230 Å². The predicted octanol–water partition coefficient (Wildman–Crippen LogP) is 6.22. The standard InChI is InChI=1S/C29H28Cl2N4O3/c1-33-15-22(29(36)37)20-8-7-17(12-25(20)33)35-14-18-11-19(35)13-34(18)10-9-21-27(32-38-28(21)16-5-6-16)26-23(30)3-2-4-24(26)31/h2-4,7-8,12,15-16,18-19H,5-6,9-11,13-14H2,1H3,(H,36,37)/t18-,19-/m1/s1. The quantitative estimate of drug-likeness (QED) is 0.294. The first-order valence-corrected chi connectivity index (χ1v) is 13.9. The SMILES string of the molecule is Cn1cc(C(=O)O)c2ccc(N3C[C@H]4C[C@@H]3CN4CCc3c(-c4c(Cl)cccc4Cl)noc3C3CC3)cc21. The molecule has 0 amide bonds. The summed E-state index contributed by atoms with van der Waals surface area (Å²) in [5.74, 6) is 0.558. The molecule has 3 aliphatic rings. The molecule has 38 heavy (non-hydrogen) atoms. The van der Waals surface area contributed by atoms with Crippen LogP contribution in [-0.4, -0.2) is 57.4 Å². The highest BCUT2D eigenvalue weighted by atomic mass is 35.5. The third kappa shape index (κ3) is 3.91. The first-order valence-electron chi connectivity index (χ1n) is 13.1. The van der Waals surface area contributed by atoms with Crippen LogP contribution in [0.1, 0.15) is 46.9 Å². The molecule has 2 bridgehead atoms. The van der Waals surface area contributed by atoms with Crippen molar-refractivity contribution in [3.05, 3.63) is 69.5 Å². The molecular formula is C29H28Cl2N4O3. The van der Waals surface area contributed by atoms with Gasteiger partial charge in [0.05, 0.1) is 21.1 Å². The molecule has 7 nitrogen and oxygen atoms in total. The summed E-state index contributed by atoms with van der Waals surface area (Å²) in [4.78, 5) is 16.7. The summed E-state index contributed by atoms with van der Waals surface area (Å²) in [5.41, 5.74) is 5.15. The number of aryl methyl sites for hydroxylation is 1. The summed E-state index contributed by atoms with van der Waals surface area (Å²) in [7, 11) is 1.90. The van der Waals surface area contributed by atoms with E-state index >= 15 is 0 Å². The zero-order valence-electron chi connectivity index (χ0n) is 21.0. The van der Waals surface area contributed by atoms with E-state index in [4.69, 9.17) is 27.7 Å². The van der Waals surface area contributed by atoms with Gasteiger partial charge in [0, 0.05) is 73.1 Å². The third-order valence-electron chi connectivity index (χ3n) is 8.51. The van der Waals surface area contributed by atoms with Crippen LogP contribution in [0, 0.1) is 0 Å². The number of likely N-dealkylation sites (tertiary alicyclic amines) is 1. The van der Waals surface area contributed by atoms with Crippen LogP contribution in [0.5, 0.6) is 0 Å². The average Bonchev–Trinajstić information content (AvgIpc) is 3.21. The summed E-state index contributed by atoms with van der Waals surface area (Å²) >= 11 is 13.1. The van der Waals surface area contributed by atoms with Gasteiger partial charge >= 0.3 is 5.97 Å². The number of hydrogen-bond acceptors (Lipinski definition) is 5. The molecule has 196 valence electrons. The fourth-order valence-electron chi connectivity index (χ4n) is 6.47. The fourth-order valence-corrected chi connectivity index (χ4v) is 7.04. The number of carboxylic acid groups (broad SMARTS) is 1. The summed E-state index contributed by atoms with van der Waals surface area (Å²) in [5, 5.41) is 15.9. The van der Waals surface area contributed by atoms with Crippen molar-refractivity contribution < 1.29 is 14.4 Å². The van der Waals surface area contributed by atoms with Gasteiger partial charge in [0.1, 0.15) is 11.5 Å². The highest BCUT2D eigenvalue weighted by Crippen LogP contribution is 2.46. The minimum absolute atomic E-state index is 0.347. The van der Waals surface area contributed by atoms with Crippen LogP contribution in [0.4, 0.5) is 5.69 Å². The van der Waals surface area contributed by atoms with E-state index in [2.05, 4.69) is 27.1 Å². The molecule has 3 fully saturated rings. The van der Waals surface area contributed by atoms with Crippen LogP contribution in [0.25, 0.3) is 22.2 Å². The Morgan fingerprint density at radius 1 is 1.13 bits per heavy atom. The number of carbonyl (C=O) groups is 1. The number of piperazine rings is 1. The third-order valence-corrected chi connectivity index (χ3v) is 9.14. The number of hydrogen-bond donors (Lipinski definition) is 1. The smallest absolute Gasteiger partial charge is 0.337 e. The number of fused-ring (bicyclic) bond motifs is 3. The Bertz CT molecular complexity index is 1550. The first kappa shape index (κ1) is 24.1. The van der Waals surface area contributed by atoms with Gasteiger partial charge in [-0.25, -0.2) is 4.79 Å². The van der Waals surface area contributed by atoms with E-state index in [0.29, 0.717) is 33.6 Å². The lowest BCUT2D eigenvalue weighted by molar-refractivity contribution is 0.0699. The van der Waals surface area contributed by atoms with E-state index in [0.717, 1.165) is 84.5 Å². The number of halogens is 2. The second-order valence-corrected chi connectivity index (χ2v) is 11.7. The molecule has 4 aromatic rings. The number of anilines is 1. The van der Waals surface area contributed by atoms with Crippen molar-refractivity contribution in [1.29, 1.82) is 0 Å². The maximum Gasteiger partial charge on any atom is 0.337 e. The molecule has 0 radical (unpaired) electrons. The maximum atomic E-state index is 11.6. The molecule has 2 aliphatic heterocycles. The molecule has 0 unspecified atom stereocenters. The number of aromatic carboxylic acids is 1. The van der Waals surface area contributed by atoms with Crippen molar-refractivity contribution in [3.63, 3.8) is 0 Å². The molecule has 2 saturated heterocycles. The van der Waals surface area contributed by atoms with Gasteiger partial charge in [0.2, 0.25) is 0 Å². The second kappa shape index (κ2) is 9.04. The predicted molar refractivity (Wildman–Crippen MR) is 149 cm³/mol. The average molecular weight is 551 g/mol. The molecule has 2 aromatic heterocycles. The van der Waals surface area contributed by atoms with Crippen molar-refractivity contribution >= 4 is 45.8 Å². The number of nitrogens with zero attached hydrogens (tertiary/aromatic N) is 4. The van der Waals surface area contributed by atoms with E-state index in [-0.39, 0.29) is 0 Å². The van der Waals surface area contributed by atoms with Crippen molar-refractivity contribution in [2.75, 3.05) is 24.5 Å². The topological polar surface area (TPSA) is 74.7 Å². The molecule has 4 heterocycles. The Morgan fingerprint density at radius 2 is 1.92 bits per heavy atom. The van der Waals surface area contributed by atoms with Gasteiger partial charge in [-0.1, -0.05) is 34.4 Å². The van der Waals surface area contributed by atoms with E-state index in [1.54, 1.807) is 6.20 Å². The van der Waals surface area contributed by atoms with Crippen LogP contribution in [0.15, 0.2) is 47.1 Å². The summed E-state index contributed by atoms with van der Waals surface area (Å²) in [6.07, 6.45) is 5.96. The van der Waals surface area contributed by atoms with Gasteiger partial charge < -0.3 is 19.1 Å². The van der Waals surface area contributed by atoms with Gasteiger partial charge in [-0.15, -0.1) is 0 Å². The van der Waals surface area contributed by atoms with Gasteiger partial charge in [0.25, 0.3) is 0 Å². The van der Waals surface area contributed by atoms with Gasteiger partial charge in [-0.05, 0) is 56.0 Å². The van der Waals surface area contributed by atoms with Crippen molar-refractivity contribution in [2.24, 2.45) is 7.05 Å². The minimum Gasteiger partial charge on any atom is -0.478 e. The largest absolute Gasteiger partial charge is 0.478 e. The Morgan fingerprint density at radius 3 is 2.61 bits per heavy atom. The molecule has 1 saturated carbocycles. The lowest BCUT2D eigenvalue weighted by Crippen LogP contribution is -2.47. The summed E-state index contributed by atoms with van der Waals surface area (Å²) in [6, 6.07) is 12.6. The zero-order chi connectivity index (χ0) is 26.1. The van der Waals surface area contributed by atoms with Gasteiger partial charge in [-0.3, -0.25) is 4.90 Å². The summed E-state index contributed by atoms with van der Waals surface area (Å²) in [6.45, 7) is 2.90. The molecule has 0 spiro atoms. The van der Waals surface area contributed by atoms with Crippen LogP contribution >= 0.6 is 23.2 Å². The van der Waals surface area contributed by atoms with Crippen LogP contribution in [0.3, 0.4) is 0 Å². The minimum atomic E-state index is -0.892. The molecule has 7 rings (SSSR count). The molecule has 2 aromatic carbocycles. The van der Waals surface area contributed by atoms with Crippen molar-refractivity contribution in [3.8, 4) is 11.3 Å². The molecule has 2 atom stereocenters. The van der Waals surface area contributed by atoms with Gasteiger partial charge in [0.15, 0.2) is 0 Å². The maximum absolute atomic E-state index is 11.6. The normalized spacial score (nSPS) is 21.2. The molecule has 9 heteroatoms. The monoisotopic (exact) mass is 550 g/mol. The lowest BCUT2D eigenvalue weighted by Gasteiger charge is -2.35. The Balaban J connectivity index is 1.09. The number of carboxylic acids is 1. The van der Waals surface area contributed by atoms with Crippen molar-refractivity contribution in [2.45, 2.75) is 43.7 Å². The fraction of sp³-hybridized carbons (Fsp3) is 0.379. The number of aromatic nitrogens is 2. The Hall–Kier alpha value is -3.00. The summed E-state index contributed by atoms with van der Waals surface area (Å²) < 4.78 is 7.77. The van der Waals surface area contributed by atoms with Crippen LogP contribution < -0.4 is 4.90 Å². The van der Waals surface area contributed by atoms with Gasteiger partial charge in [-0.2, -0.15) is 0 Å². The Kier molecular flexibility index (Phi) is 5.73. The lowest BCUT2D eigenvalue weighted by atomic mass is 10.0. The van der Waals surface area contributed by atoms with E-state index in [9.17, 15) is 9.90 Å².